The van der Waals surface area contributed by atoms with Gasteiger partial charge in [-0.05, 0) is 29.8 Å². The Balaban J connectivity index is 0.00000480. The zero-order valence-electron chi connectivity index (χ0n) is 15.7. The molecule has 0 radical (unpaired) electrons. The molecule has 0 fully saturated rings. The van der Waals surface area contributed by atoms with Crippen molar-refractivity contribution < 1.29 is 31.6 Å². The third kappa shape index (κ3) is 9.44. The maximum atomic E-state index is 13.8. The topological polar surface area (TPSA) is 91.7 Å². The van der Waals surface area contributed by atoms with Crippen LogP contribution in [0.1, 0.15) is 23.1 Å². The number of rotatable bonds is 7. The van der Waals surface area contributed by atoms with E-state index in [2.05, 4.69) is 27.8 Å². The fraction of sp³-hybridized carbons (Fsp3) is 0.263. The molecule has 166 valence electrons. The average Bonchev–Trinajstić information content (AvgIpc) is 2.63. The second kappa shape index (κ2) is 13.8. The van der Waals surface area contributed by atoms with Gasteiger partial charge >= 0.3 is 72.4 Å². The zero-order chi connectivity index (χ0) is 22.6. The molecule has 0 saturated carbocycles. The molecule has 0 bridgehead atoms. The molecule has 0 aliphatic carbocycles. The van der Waals surface area contributed by atoms with Gasteiger partial charge in [0.2, 0.25) is 0 Å². The van der Waals surface area contributed by atoms with Crippen molar-refractivity contribution in [3.05, 3.63) is 63.6 Å². The van der Waals surface area contributed by atoms with Crippen LogP contribution >= 0.6 is 35.3 Å². The van der Waals surface area contributed by atoms with E-state index in [1.807, 2.05) is 0 Å². The number of thioether (sulfide) groups is 1. The fourth-order valence-corrected chi connectivity index (χ4v) is 5.14. The summed E-state index contributed by atoms with van der Waals surface area (Å²) < 4.78 is 61.7. The summed E-state index contributed by atoms with van der Waals surface area (Å²) in [5.41, 5.74) is -3.70. The summed E-state index contributed by atoms with van der Waals surface area (Å²) in [5, 5.41) is 0. The molecule has 0 aliphatic heterocycles. The van der Waals surface area contributed by atoms with E-state index in [9.17, 15) is 21.8 Å². The summed E-state index contributed by atoms with van der Waals surface area (Å²) in [6.45, 7) is 0. The minimum atomic E-state index is -5.62. The van der Waals surface area contributed by atoms with Gasteiger partial charge in [-0.15, -0.1) is 0 Å². The number of sulfone groups is 1. The van der Waals surface area contributed by atoms with Gasteiger partial charge in [-0.2, -0.15) is 20.5 Å². The van der Waals surface area contributed by atoms with Crippen molar-refractivity contribution in [2.75, 3.05) is 12.0 Å². The molecule has 5 nitrogen and oxygen atoms in total. The molecular formula is C19H20BrF2Na2O5PS2. The summed E-state index contributed by atoms with van der Waals surface area (Å²) in [6, 6.07) is 10.2. The summed E-state index contributed by atoms with van der Waals surface area (Å²) >= 11 is 4.47. The summed E-state index contributed by atoms with van der Waals surface area (Å²) in [6.07, 6.45) is 1.68. The first kappa shape index (κ1) is 32.8. The van der Waals surface area contributed by atoms with E-state index < -0.39 is 28.7 Å². The molecule has 2 N–H and O–H groups in total. The Labute approximate surface area is 243 Å². The zero-order valence-corrected chi connectivity index (χ0v) is 19.8. The number of halogens is 3. The van der Waals surface area contributed by atoms with Crippen LogP contribution in [-0.2, 0) is 25.8 Å². The Bertz CT molecular complexity index is 1150. The van der Waals surface area contributed by atoms with Crippen molar-refractivity contribution in [2.45, 2.75) is 22.7 Å². The normalized spacial score (nSPS) is 11.6. The number of alkyl halides is 2. The Kier molecular flexibility index (Phi) is 14.1. The molecule has 0 amide bonds. The Morgan fingerprint density at radius 3 is 2.38 bits per heavy atom. The van der Waals surface area contributed by atoms with Gasteiger partial charge in [0, 0.05) is 39.8 Å². The molecule has 0 aromatic heterocycles. The van der Waals surface area contributed by atoms with Gasteiger partial charge in [0.25, 0.3) is 0 Å². The molecule has 2 rings (SSSR count). The summed E-state index contributed by atoms with van der Waals surface area (Å²) in [5.74, 6) is 7.04. The molecule has 2 aromatic rings. The number of hydrogen-bond donors (Lipinski definition) is 2. The SMILES string of the molecule is CS(=O)(=O)c1cccc(C#CCCSCc2ccc(C(F)(F)P(=O)(O)O)c(Br)c2)c1.[NaH].[NaH]. The molecule has 0 atom stereocenters. The summed E-state index contributed by atoms with van der Waals surface area (Å²) in [4.78, 5) is 17.9. The molecule has 13 heteroatoms. The first-order valence-corrected chi connectivity index (χ1v) is 13.9. The van der Waals surface area contributed by atoms with Gasteiger partial charge in [-0.25, -0.2) is 8.42 Å². The average molecular weight is 587 g/mol. The van der Waals surface area contributed by atoms with Gasteiger partial charge in [0.15, 0.2) is 9.84 Å². The third-order valence-corrected chi connectivity index (χ3v) is 7.63. The van der Waals surface area contributed by atoms with Crippen LogP contribution in [-0.4, -0.2) is 89.3 Å². The Morgan fingerprint density at radius 2 is 1.81 bits per heavy atom. The molecule has 32 heavy (non-hydrogen) atoms. The second-order valence-corrected chi connectivity index (χ2v) is 11.9. The molecule has 0 spiro atoms. The van der Waals surface area contributed by atoms with E-state index >= 15 is 0 Å². The van der Waals surface area contributed by atoms with Crippen molar-refractivity contribution in [1.29, 1.82) is 0 Å². The minimum absolute atomic E-state index is 0. The molecule has 2 aromatic carbocycles. The quantitative estimate of drug-likeness (QED) is 0.223. The molecule has 0 saturated heterocycles. The van der Waals surface area contributed by atoms with Gasteiger partial charge in [-0.3, -0.25) is 4.57 Å². The van der Waals surface area contributed by atoms with Gasteiger partial charge in [0.05, 0.1) is 4.90 Å². The van der Waals surface area contributed by atoms with Crippen molar-refractivity contribution in [3.63, 3.8) is 0 Å². The Morgan fingerprint density at radius 1 is 1.16 bits per heavy atom. The van der Waals surface area contributed by atoms with E-state index in [1.54, 1.807) is 12.1 Å². The van der Waals surface area contributed by atoms with E-state index in [1.165, 1.54) is 36.0 Å². The number of benzene rings is 2. The van der Waals surface area contributed by atoms with E-state index in [0.717, 1.165) is 12.3 Å². The van der Waals surface area contributed by atoms with Crippen LogP contribution in [0.3, 0.4) is 0 Å². The molecule has 0 aliphatic rings. The van der Waals surface area contributed by atoms with Crippen LogP contribution in [0.5, 0.6) is 0 Å². The van der Waals surface area contributed by atoms with Gasteiger partial charge in [-0.1, -0.05) is 46.0 Å². The predicted octanol–water partition coefficient (Wildman–Crippen LogP) is 3.46. The van der Waals surface area contributed by atoms with Crippen molar-refractivity contribution >= 4 is 104 Å². The second-order valence-electron chi connectivity index (χ2n) is 6.30. The van der Waals surface area contributed by atoms with Crippen molar-refractivity contribution in [3.8, 4) is 11.8 Å². The predicted molar refractivity (Wildman–Crippen MR) is 132 cm³/mol. The van der Waals surface area contributed by atoms with Crippen LogP contribution in [0.2, 0.25) is 0 Å². The Hall–Kier alpha value is 0.790. The molecule has 0 unspecified atom stereocenters. The van der Waals surface area contributed by atoms with E-state index in [0.29, 0.717) is 29.1 Å². The van der Waals surface area contributed by atoms with Gasteiger partial charge in [0.1, 0.15) is 0 Å². The standard InChI is InChI=1S/C19H18BrF2O5PS2.2Na.2H/c1-30(26,27)16-7-4-6-14(11-16)5-2-3-10-29-13-15-8-9-17(18(20)12-15)19(21,22)28(23,24)25;;;;/h4,6-9,11-12H,3,10,13H2,1H3,(H2,23,24,25);;;;. The fourth-order valence-electron chi connectivity index (χ4n) is 2.33. The van der Waals surface area contributed by atoms with Crippen LogP contribution in [0.15, 0.2) is 51.8 Å². The first-order chi connectivity index (χ1) is 13.8. The van der Waals surface area contributed by atoms with Crippen molar-refractivity contribution in [2.24, 2.45) is 0 Å². The van der Waals surface area contributed by atoms with Crippen LogP contribution in [0.25, 0.3) is 0 Å². The molecular weight excluding hydrogens is 567 g/mol. The summed E-state index contributed by atoms with van der Waals surface area (Å²) in [7, 11) is -8.91. The van der Waals surface area contributed by atoms with Crippen LogP contribution in [0, 0.1) is 11.8 Å². The monoisotopic (exact) mass is 586 g/mol. The molecule has 0 heterocycles. The van der Waals surface area contributed by atoms with E-state index in [-0.39, 0.29) is 68.5 Å². The van der Waals surface area contributed by atoms with Crippen molar-refractivity contribution in [1.82, 2.24) is 0 Å². The maximum absolute atomic E-state index is 13.8. The van der Waals surface area contributed by atoms with Crippen LogP contribution < -0.4 is 0 Å². The van der Waals surface area contributed by atoms with Gasteiger partial charge < -0.3 is 9.79 Å². The first-order valence-electron chi connectivity index (χ1n) is 8.41. The third-order valence-electron chi connectivity index (χ3n) is 3.86. The number of hydrogen-bond acceptors (Lipinski definition) is 4. The van der Waals surface area contributed by atoms with Crippen LogP contribution in [0.4, 0.5) is 8.78 Å². The van der Waals surface area contributed by atoms with E-state index in [4.69, 9.17) is 9.79 Å².